The number of aromatic nitrogens is 1. The van der Waals surface area contributed by atoms with Gasteiger partial charge < -0.3 is 4.42 Å². The molecule has 5 aromatic rings. The van der Waals surface area contributed by atoms with Crippen molar-refractivity contribution in [2.24, 2.45) is 5.41 Å². The number of nitrogens with zero attached hydrogens (tertiary/aromatic N) is 2. The molecular formula is C33H33N2O+. The van der Waals surface area contributed by atoms with E-state index in [1.54, 1.807) is 44.4 Å². The number of rotatable bonds is 3. The first-order valence-corrected chi connectivity index (χ1v) is 11.8. The number of hydrogen-bond acceptors (Lipinski definition) is 2. The van der Waals surface area contributed by atoms with Crippen molar-refractivity contribution >= 4 is 21.9 Å². The molecule has 5 rings (SSSR count). The Hall–Kier alpha value is -3.90. The molecule has 180 valence electrons. The molecule has 0 bridgehead atoms. The average molecular weight is 483 g/mol. The van der Waals surface area contributed by atoms with E-state index in [1.165, 1.54) is 24.4 Å². The van der Waals surface area contributed by atoms with Gasteiger partial charge in [-0.2, -0.15) is 9.83 Å². The van der Waals surface area contributed by atoms with Crippen molar-refractivity contribution in [1.29, 1.82) is 5.26 Å². The van der Waals surface area contributed by atoms with Crippen LogP contribution >= 0.6 is 0 Å². The lowest BCUT2D eigenvalue weighted by molar-refractivity contribution is -0.601. The summed E-state index contributed by atoms with van der Waals surface area (Å²) >= 11 is 0. The van der Waals surface area contributed by atoms with Crippen molar-refractivity contribution in [1.82, 2.24) is 0 Å². The SMILES string of the molecule is [2H]c1cc(C([2H])([2H])C(C)(C)C)cc(C([2H])([2H])[2H])c1-c1c[n+](-c2c(C)ccc3c2oc2cc(C#N)ccc23)c(C)cc1C([2H])([2H])[2H]. The molecule has 2 aromatic heterocycles. The van der Waals surface area contributed by atoms with Gasteiger partial charge in [0.2, 0.25) is 5.58 Å². The van der Waals surface area contributed by atoms with Crippen molar-refractivity contribution < 1.29 is 21.3 Å². The van der Waals surface area contributed by atoms with Gasteiger partial charge in [0.1, 0.15) is 5.58 Å². The standard InChI is InChI=1S/C33H33N2O/c1-20-8-11-28-27-13-10-25(18-34)16-30(27)36-32(28)31(20)35-19-29(21(2)14-23(35)4)26-12-9-24(15-22(26)3)17-33(5,6)7/h8-16,19H,17H2,1-7H3/q+1/i2D3,3D3,12D,17D2. The smallest absolute Gasteiger partial charge is 0.257 e. The van der Waals surface area contributed by atoms with E-state index in [2.05, 4.69) is 6.07 Å². The van der Waals surface area contributed by atoms with Crippen molar-refractivity contribution in [2.75, 3.05) is 0 Å². The molecule has 0 spiro atoms. The Bertz CT molecular complexity index is 2040. The number of nitriles is 1. The zero-order valence-electron chi connectivity index (χ0n) is 30.0. The van der Waals surface area contributed by atoms with Gasteiger partial charge in [-0.05, 0) is 78.9 Å². The lowest BCUT2D eigenvalue weighted by Crippen LogP contribution is -2.35. The molecule has 0 saturated carbocycles. The van der Waals surface area contributed by atoms with E-state index in [4.69, 9.17) is 16.8 Å². The maximum absolute atomic E-state index is 9.40. The predicted octanol–water partition coefficient (Wildman–Crippen LogP) is 8.22. The summed E-state index contributed by atoms with van der Waals surface area (Å²) < 4.78 is 84.8. The minimum Gasteiger partial charge on any atom is -0.449 e. The summed E-state index contributed by atoms with van der Waals surface area (Å²) in [7, 11) is 0. The zero-order valence-corrected chi connectivity index (χ0v) is 21.0. The van der Waals surface area contributed by atoms with Gasteiger partial charge in [0.05, 0.1) is 13.0 Å². The molecule has 0 aliphatic rings. The Balaban J connectivity index is 1.89. The highest BCUT2D eigenvalue weighted by atomic mass is 16.3. The monoisotopic (exact) mass is 482 g/mol. The zero-order chi connectivity index (χ0) is 33.4. The van der Waals surface area contributed by atoms with Crippen LogP contribution in [0.4, 0.5) is 0 Å². The second-order valence-electron chi connectivity index (χ2n) is 10.2. The van der Waals surface area contributed by atoms with E-state index < -0.39 is 25.5 Å². The fraction of sp³-hybridized carbons (Fsp3) is 0.273. The van der Waals surface area contributed by atoms with Crippen molar-refractivity contribution in [3.63, 3.8) is 0 Å². The van der Waals surface area contributed by atoms with Crippen LogP contribution in [0.5, 0.6) is 0 Å². The third-order valence-electron chi connectivity index (χ3n) is 6.20. The van der Waals surface area contributed by atoms with E-state index in [9.17, 15) is 5.26 Å². The lowest BCUT2D eigenvalue weighted by atomic mass is 9.86. The molecule has 0 aliphatic carbocycles. The number of fused-ring (bicyclic) bond motifs is 3. The molecule has 0 fully saturated rings. The highest BCUT2D eigenvalue weighted by molar-refractivity contribution is 6.07. The Kier molecular flexibility index (Phi) is 3.66. The summed E-state index contributed by atoms with van der Waals surface area (Å²) in [6.45, 7) is 3.24. The molecule has 3 heteroatoms. The maximum atomic E-state index is 9.40. The molecule has 0 radical (unpaired) electrons. The Morgan fingerprint density at radius 2 is 1.72 bits per heavy atom. The van der Waals surface area contributed by atoms with E-state index in [-0.39, 0.29) is 33.9 Å². The topological polar surface area (TPSA) is 40.8 Å². The minimum absolute atomic E-state index is 0.0267. The summed E-state index contributed by atoms with van der Waals surface area (Å²) in [5, 5.41) is 11.0. The third kappa shape index (κ3) is 4.18. The lowest BCUT2D eigenvalue weighted by Gasteiger charge is -2.19. The summed E-state index contributed by atoms with van der Waals surface area (Å²) in [5.74, 6) is 0. The molecule has 0 saturated heterocycles. The molecule has 0 amide bonds. The van der Waals surface area contributed by atoms with Gasteiger partial charge in [0.25, 0.3) is 5.69 Å². The molecule has 0 N–H and O–H groups in total. The summed E-state index contributed by atoms with van der Waals surface area (Å²) in [6, 6.07) is 14.8. The third-order valence-corrected chi connectivity index (χ3v) is 6.20. The van der Waals surface area contributed by atoms with Crippen LogP contribution in [0.1, 0.15) is 66.6 Å². The number of benzene rings is 3. The van der Waals surface area contributed by atoms with Crippen LogP contribution in [0.3, 0.4) is 0 Å². The van der Waals surface area contributed by atoms with Crippen molar-refractivity contribution in [2.45, 2.75) is 54.7 Å². The first kappa shape index (κ1) is 15.3. The fourth-order valence-corrected chi connectivity index (χ4v) is 4.61. The Labute approximate surface area is 226 Å². The maximum Gasteiger partial charge on any atom is 0.257 e. The molecule has 0 unspecified atom stereocenters. The van der Waals surface area contributed by atoms with Gasteiger partial charge in [0, 0.05) is 45.9 Å². The number of pyridine rings is 1. The van der Waals surface area contributed by atoms with Gasteiger partial charge in [-0.25, -0.2) is 0 Å². The predicted molar refractivity (Wildman–Crippen MR) is 148 cm³/mol. The minimum atomic E-state index is -2.79. The highest BCUT2D eigenvalue weighted by Crippen LogP contribution is 2.34. The van der Waals surface area contributed by atoms with Gasteiger partial charge in [0.15, 0.2) is 11.9 Å². The van der Waals surface area contributed by atoms with E-state index in [1.807, 2.05) is 25.1 Å². The van der Waals surface area contributed by atoms with E-state index >= 15 is 0 Å². The second kappa shape index (κ2) is 8.64. The van der Waals surface area contributed by atoms with Crippen molar-refractivity contribution in [3.05, 3.63) is 94.3 Å². The van der Waals surface area contributed by atoms with Crippen LogP contribution in [-0.2, 0) is 6.37 Å². The molecular weight excluding hydrogens is 440 g/mol. The summed E-state index contributed by atoms with van der Waals surface area (Å²) in [5.41, 5.74) is 1.97. The van der Waals surface area contributed by atoms with Crippen LogP contribution in [0.15, 0.2) is 65.2 Å². The van der Waals surface area contributed by atoms with Crippen LogP contribution in [-0.4, -0.2) is 0 Å². The Morgan fingerprint density at radius 3 is 2.44 bits per heavy atom. The molecule has 36 heavy (non-hydrogen) atoms. The van der Waals surface area contributed by atoms with E-state index in [0.29, 0.717) is 28.1 Å². The highest BCUT2D eigenvalue weighted by Gasteiger charge is 2.25. The largest absolute Gasteiger partial charge is 0.449 e. The van der Waals surface area contributed by atoms with Gasteiger partial charge >= 0.3 is 0 Å². The van der Waals surface area contributed by atoms with Crippen LogP contribution < -0.4 is 4.57 Å². The first-order valence-electron chi connectivity index (χ1n) is 16.3. The normalized spacial score (nSPS) is 16.6. The number of aryl methyl sites for hydroxylation is 4. The van der Waals surface area contributed by atoms with Crippen LogP contribution in [0.25, 0.3) is 38.8 Å². The molecule has 2 heterocycles. The summed E-state index contributed by atoms with van der Waals surface area (Å²) in [6.07, 6.45) is -0.450. The number of furan rings is 1. The molecule has 3 nitrogen and oxygen atoms in total. The van der Waals surface area contributed by atoms with Crippen molar-refractivity contribution in [3.8, 4) is 22.9 Å². The molecule has 0 atom stereocenters. The Morgan fingerprint density at radius 1 is 0.972 bits per heavy atom. The quantitative estimate of drug-likeness (QED) is 0.243. The second-order valence-corrected chi connectivity index (χ2v) is 10.2. The summed E-state index contributed by atoms with van der Waals surface area (Å²) in [4.78, 5) is 0. The van der Waals surface area contributed by atoms with Gasteiger partial charge in [-0.1, -0.05) is 45.0 Å². The first-order chi connectivity index (χ1) is 20.7. The van der Waals surface area contributed by atoms with Crippen LogP contribution in [0, 0.1) is 44.3 Å². The molecule has 3 aromatic carbocycles. The molecule has 0 aliphatic heterocycles. The van der Waals surface area contributed by atoms with Gasteiger partial charge in [-0.15, -0.1) is 0 Å². The van der Waals surface area contributed by atoms with Gasteiger partial charge in [-0.3, -0.25) is 0 Å². The fourth-order valence-electron chi connectivity index (χ4n) is 4.61. The van der Waals surface area contributed by atoms with E-state index in [0.717, 1.165) is 16.3 Å². The number of hydrogen-bond donors (Lipinski definition) is 0. The van der Waals surface area contributed by atoms with Crippen LogP contribution in [0.2, 0.25) is 0 Å². The average Bonchev–Trinajstić information content (AvgIpc) is 3.28.